The molecular weight excluding hydrogens is 310 g/mol. The van der Waals surface area contributed by atoms with Gasteiger partial charge >= 0.3 is 0 Å². The highest BCUT2D eigenvalue weighted by molar-refractivity contribution is 7.86. The molecule has 0 bridgehead atoms. The van der Waals surface area contributed by atoms with Crippen LogP contribution in [0.1, 0.15) is 17.5 Å². The van der Waals surface area contributed by atoms with Gasteiger partial charge in [0.1, 0.15) is 0 Å². The maximum absolute atomic E-state index is 12.4. The van der Waals surface area contributed by atoms with Gasteiger partial charge in [0.05, 0.1) is 11.0 Å². The lowest BCUT2D eigenvalue weighted by Crippen LogP contribution is -2.25. The first-order valence-corrected chi connectivity index (χ1v) is 9.20. The Hall–Kier alpha value is -1.69. The highest BCUT2D eigenvalue weighted by atomic mass is 32.2. The summed E-state index contributed by atoms with van der Waals surface area (Å²) in [6, 6.07) is 17.1. The van der Waals surface area contributed by atoms with Gasteiger partial charge in [-0.05, 0) is 30.5 Å². The summed E-state index contributed by atoms with van der Waals surface area (Å²) in [4.78, 5) is 2.49. The summed E-state index contributed by atoms with van der Waals surface area (Å²) in [5, 5.41) is 0. The predicted molar refractivity (Wildman–Crippen MR) is 89.6 cm³/mol. The van der Waals surface area contributed by atoms with Gasteiger partial charge < -0.3 is 0 Å². The summed E-state index contributed by atoms with van der Waals surface area (Å²) in [6.45, 7) is 4.10. The van der Waals surface area contributed by atoms with Crippen LogP contribution < -0.4 is 0 Å². The van der Waals surface area contributed by atoms with Crippen molar-refractivity contribution in [2.45, 2.75) is 30.9 Å². The number of nitrogens with zero attached hydrogens (tertiary/aromatic N) is 1. The molecule has 0 saturated carbocycles. The molecule has 1 saturated heterocycles. The molecular formula is C18H21NO3S. The van der Waals surface area contributed by atoms with Gasteiger partial charge in [-0.15, -0.1) is 0 Å². The van der Waals surface area contributed by atoms with Crippen LogP contribution in [-0.4, -0.2) is 32.5 Å². The van der Waals surface area contributed by atoms with E-state index in [-0.39, 0.29) is 11.0 Å². The van der Waals surface area contributed by atoms with Gasteiger partial charge in [0.15, 0.2) is 0 Å². The number of rotatable bonds is 5. The molecule has 0 amide bonds. The molecule has 1 aliphatic heterocycles. The van der Waals surface area contributed by atoms with E-state index in [2.05, 4.69) is 17.0 Å². The summed E-state index contributed by atoms with van der Waals surface area (Å²) in [6.07, 6.45) is 0.459. The van der Waals surface area contributed by atoms with Crippen molar-refractivity contribution in [3.63, 3.8) is 0 Å². The molecule has 0 N–H and O–H groups in total. The van der Waals surface area contributed by atoms with Crippen LogP contribution in [0.25, 0.3) is 0 Å². The fourth-order valence-electron chi connectivity index (χ4n) is 2.93. The molecule has 3 rings (SSSR count). The van der Waals surface area contributed by atoms with Crippen molar-refractivity contribution in [1.82, 2.24) is 4.90 Å². The summed E-state index contributed by atoms with van der Waals surface area (Å²) >= 11 is 0. The SMILES string of the molecule is Cc1ccccc1S(=O)(=O)OC1CCN(Cc2ccccc2)C1. The van der Waals surface area contributed by atoms with Crippen molar-refractivity contribution in [3.8, 4) is 0 Å². The van der Waals surface area contributed by atoms with Crippen LogP contribution >= 0.6 is 0 Å². The molecule has 1 unspecified atom stereocenters. The molecule has 0 radical (unpaired) electrons. The topological polar surface area (TPSA) is 46.6 Å². The van der Waals surface area contributed by atoms with Gasteiger partial charge in [-0.1, -0.05) is 48.5 Å². The van der Waals surface area contributed by atoms with E-state index >= 15 is 0 Å². The number of benzene rings is 2. The average Bonchev–Trinajstić information content (AvgIpc) is 2.95. The lowest BCUT2D eigenvalue weighted by molar-refractivity contribution is 0.205. The molecule has 5 heteroatoms. The highest BCUT2D eigenvalue weighted by Gasteiger charge is 2.29. The first-order valence-electron chi connectivity index (χ1n) is 7.80. The standard InChI is InChI=1S/C18H21NO3S/c1-15-7-5-6-10-18(15)23(20,21)22-17-11-12-19(14-17)13-16-8-3-2-4-9-16/h2-10,17H,11-14H2,1H3. The van der Waals surface area contributed by atoms with Crippen LogP contribution in [0.3, 0.4) is 0 Å². The van der Waals surface area contributed by atoms with Gasteiger partial charge in [-0.3, -0.25) is 9.08 Å². The smallest absolute Gasteiger partial charge is 0.296 e. The fourth-order valence-corrected chi connectivity index (χ4v) is 4.26. The van der Waals surface area contributed by atoms with Crippen molar-refractivity contribution in [2.75, 3.05) is 13.1 Å². The Morgan fingerprint density at radius 3 is 2.52 bits per heavy atom. The van der Waals surface area contributed by atoms with E-state index in [1.54, 1.807) is 25.1 Å². The molecule has 1 atom stereocenters. The van der Waals surface area contributed by atoms with Crippen LogP contribution in [0.5, 0.6) is 0 Å². The van der Waals surface area contributed by atoms with E-state index < -0.39 is 10.1 Å². The van der Waals surface area contributed by atoms with Gasteiger partial charge in [0.2, 0.25) is 0 Å². The van der Waals surface area contributed by atoms with Crippen LogP contribution in [0.2, 0.25) is 0 Å². The second-order valence-corrected chi connectivity index (χ2v) is 7.49. The molecule has 4 nitrogen and oxygen atoms in total. The van der Waals surface area contributed by atoms with Crippen molar-refractivity contribution in [2.24, 2.45) is 0 Å². The zero-order valence-corrected chi connectivity index (χ0v) is 14.0. The summed E-state index contributed by atoms with van der Waals surface area (Å²) in [7, 11) is -3.70. The predicted octanol–water partition coefficient (Wildman–Crippen LogP) is 2.97. The number of likely N-dealkylation sites (tertiary alicyclic amines) is 1. The average molecular weight is 331 g/mol. The Balaban J connectivity index is 1.63. The molecule has 1 fully saturated rings. The minimum atomic E-state index is -3.70. The van der Waals surface area contributed by atoms with Crippen LogP contribution in [0.4, 0.5) is 0 Å². The Labute approximate surface area is 137 Å². The van der Waals surface area contributed by atoms with Crippen LogP contribution in [0.15, 0.2) is 59.5 Å². The summed E-state index contributed by atoms with van der Waals surface area (Å²) in [5.41, 5.74) is 1.95. The molecule has 2 aromatic rings. The van der Waals surface area contributed by atoms with Crippen molar-refractivity contribution >= 4 is 10.1 Å². The zero-order valence-electron chi connectivity index (χ0n) is 13.2. The largest absolute Gasteiger partial charge is 0.297 e. The van der Waals surface area contributed by atoms with E-state index in [1.807, 2.05) is 24.3 Å². The number of aryl methyl sites for hydroxylation is 1. The van der Waals surface area contributed by atoms with E-state index in [4.69, 9.17) is 4.18 Å². The second-order valence-electron chi connectivity index (χ2n) is 5.95. The maximum Gasteiger partial charge on any atom is 0.297 e. The Bertz CT molecular complexity index is 759. The first-order chi connectivity index (χ1) is 11.0. The molecule has 0 spiro atoms. The van der Waals surface area contributed by atoms with Gasteiger partial charge in [0, 0.05) is 19.6 Å². The van der Waals surface area contributed by atoms with Gasteiger partial charge in [-0.2, -0.15) is 8.42 Å². The minimum absolute atomic E-state index is 0.265. The lowest BCUT2D eigenvalue weighted by Gasteiger charge is -2.16. The van der Waals surface area contributed by atoms with Crippen molar-refractivity contribution < 1.29 is 12.6 Å². The fraction of sp³-hybridized carbons (Fsp3) is 0.333. The molecule has 23 heavy (non-hydrogen) atoms. The third-order valence-corrected chi connectivity index (χ3v) is 5.63. The van der Waals surface area contributed by atoms with Crippen molar-refractivity contribution in [1.29, 1.82) is 0 Å². The summed E-state index contributed by atoms with van der Waals surface area (Å²) < 4.78 is 30.3. The Kier molecular flexibility index (Phi) is 4.80. The van der Waals surface area contributed by atoms with E-state index in [0.717, 1.165) is 19.5 Å². The molecule has 2 aromatic carbocycles. The van der Waals surface area contributed by atoms with E-state index in [0.29, 0.717) is 12.1 Å². The second kappa shape index (κ2) is 6.83. The van der Waals surface area contributed by atoms with Crippen LogP contribution in [-0.2, 0) is 20.8 Å². The van der Waals surface area contributed by atoms with Crippen LogP contribution in [0, 0.1) is 6.92 Å². The maximum atomic E-state index is 12.4. The number of hydrogen-bond donors (Lipinski definition) is 0. The van der Waals surface area contributed by atoms with E-state index in [9.17, 15) is 8.42 Å². The molecule has 1 aliphatic rings. The zero-order chi connectivity index (χ0) is 16.3. The summed E-state index contributed by atoms with van der Waals surface area (Å²) in [5.74, 6) is 0. The normalized spacial score (nSPS) is 19.1. The highest BCUT2D eigenvalue weighted by Crippen LogP contribution is 2.23. The first kappa shape index (κ1) is 16.2. The Morgan fingerprint density at radius 1 is 1.09 bits per heavy atom. The third-order valence-electron chi connectivity index (χ3n) is 4.10. The molecule has 122 valence electrons. The van der Waals surface area contributed by atoms with E-state index in [1.165, 1.54) is 5.56 Å². The minimum Gasteiger partial charge on any atom is -0.296 e. The quantitative estimate of drug-likeness (QED) is 0.790. The number of hydrogen-bond acceptors (Lipinski definition) is 4. The Morgan fingerprint density at radius 2 is 1.78 bits per heavy atom. The van der Waals surface area contributed by atoms with Gasteiger partial charge in [0.25, 0.3) is 10.1 Å². The lowest BCUT2D eigenvalue weighted by atomic mass is 10.2. The monoisotopic (exact) mass is 331 g/mol. The third kappa shape index (κ3) is 3.99. The molecule has 0 aliphatic carbocycles. The van der Waals surface area contributed by atoms with Gasteiger partial charge in [-0.25, -0.2) is 0 Å². The molecule has 1 heterocycles. The molecule has 0 aromatic heterocycles. The van der Waals surface area contributed by atoms with Crippen molar-refractivity contribution in [3.05, 3.63) is 65.7 Å².